The van der Waals surface area contributed by atoms with Gasteiger partial charge in [0.15, 0.2) is 0 Å². The first-order valence-corrected chi connectivity index (χ1v) is 3.26. The number of hydrogen-bond donors (Lipinski definition) is 1. The summed E-state index contributed by atoms with van der Waals surface area (Å²) in [6, 6.07) is 12.5. The third-order valence-electron chi connectivity index (χ3n) is 0.969. The molecular formula is C9H8N2Pd. The maximum absolute atomic E-state index is 3.54. The zero-order valence-corrected chi connectivity index (χ0v) is 7.86. The summed E-state index contributed by atoms with van der Waals surface area (Å²) in [5.74, 6) is 0. The van der Waals surface area contributed by atoms with Crippen LogP contribution < -0.4 is 0 Å². The molecule has 0 unspecified atom stereocenters. The van der Waals surface area contributed by atoms with Gasteiger partial charge in [0.05, 0.1) is 0 Å². The number of nitrogens with one attached hydrogen (secondary N) is 1. The van der Waals surface area contributed by atoms with E-state index in [1.165, 1.54) is 0 Å². The SMILES string of the molecule is [Pd+2].[c-]1ccccc1.[c-]1ncc[nH]1. The fraction of sp³-hybridized carbons (Fsp3) is 0. The molecule has 64 valence electrons. The molecule has 0 saturated carbocycles. The molecule has 0 amide bonds. The Morgan fingerprint density at radius 2 is 1.83 bits per heavy atom. The van der Waals surface area contributed by atoms with Gasteiger partial charge in [0.2, 0.25) is 0 Å². The molecule has 0 fully saturated rings. The molecule has 0 saturated heterocycles. The number of aromatic nitrogens is 2. The molecule has 2 aromatic rings. The Hall–Kier alpha value is -0.908. The van der Waals surface area contributed by atoms with Crippen molar-refractivity contribution in [3.8, 4) is 0 Å². The molecule has 12 heavy (non-hydrogen) atoms. The van der Waals surface area contributed by atoms with E-state index in [4.69, 9.17) is 0 Å². The molecule has 0 spiro atoms. The average Bonchev–Trinajstić information content (AvgIpc) is 2.64. The molecule has 0 aliphatic carbocycles. The topological polar surface area (TPSA) is 28.7 Å². The maximum Gasteiger partial charge on any atom is 2.00 e. The third-order valence-corrected chi connectivity index (χ3v) is 0.969. The molecule has 3 heteroatoms. The van der Waals surface area contributed by atoms with Crippen molar-refractivity contribution in [2.75, 3.05) is 0 Å². The standard InChI is InChI=1S/C6H5.C3H3N2.Pd/c1-2-4-6-5-3-1;1-2-5-3-4-1;/h1-5H;1-2H,(H,4,5);/q2*-1;+2. The second kappa shape index (κ2) is 8.19. The van der Waals surface area contributed by atoms with Gasteiger partial charge in [0.25, 0.3) is 0 Å². The first-order chi connectivity index (χ1) is 5.50. The van der Waals surface area contributed by atoms with E-state index in [0.29, 0.717) is 0 Å². The molecule has 1 heterocycles. The van der Waals surface area contributed by atoms with Crippen LogP contribution in [0.2, 0.25) is 0 Å². The monoisotopic (exact) mass is 250 g/mol. The summed E-state index contributed by atoms with van der Waals surface area (Å²) in [6.07, 6.45) is 5.83. The van der Waals surface area contributed by atoms with Crippen molar-refractivity contribution in [2.24, 2.45) is 0 Å². The molecule has 0 aliphatic heterocycles. The minimum atomic E-state index is 0. The van der Waals surface area contributed by atoms with Gasteiger partial charge in [-0.2, -0.15) is 36.4 Å². The van der Waals surface area contributed by atoms with E-state index in [9.17, 15) is 0 Å². The molecule has 0 atom stereocenters. The average molecular weight is 251 g/mol. The van der Waals surface area contributed by atoms with E-state index >= 15 is 0 Å². The molecule has 1 aromatic carbocycles. The van der Waals surface area contributed by atoms with Crippen LogP contribution in [-0.4, -0.2) is 9.97 Å². The molecular weight excluding hydrogens is 243 g/mol. The number of hydrogen-bond acceptors (Lipinski definition) is 1. The van der Waals surface area contributed by atoms with Gasteiger partial charge in [0.1, 0.15) is 0 Å². The van der Waals surface area contributed by atoms with E-state index in [0.717, 1.165) is 0 Å². The largest absolute Gasteiger partial charge is 2.00 e. The first kappa shape index (κ1) is 11.1. The number of benzene rings is 1. The van der Waals surface area contributed by atoms with Crippen LogP contribution in [0.1, 0.15) is 0 Å². The zero-order valence-electron chi connectivity index (χ0n) is 6.30. The summed E-state index contributed by atoms with van der Waals surface area (Å²) >= 11 is 0. The Balaban J connectivity index is 0.000000189. The van der Waals surface area contributed by atoms with Crippen LogP contribution in [0.3, 0.4) is 0 Å². The summed E-state index contributed by atoms with van der Waals surface area (Å²) < 4.78 is 0. The quantitative estimate of drug-likeness (QED) is 0.559. The van der Waals surface area contributed by atoms with Crippen LogP contribution in [0.4, 0.5) is 0 Å². The molecule has 0 bridgehead atoms. The van der Waals surface area contributed by atoms with Crippen LogP contribution in [0.25, 0.3) is 0 Å². The molecule has 2 nitrogen and oxygen atoms in total. The Morgan fingerprint density at radius 3 is 2.00 bits per heavy atom. The van der Waals surface area contributed by atoms with E-state index < -0.39 is 0 Å². The summed E-state index contributed by atoms with van der Waals surface area (Å²) in [5.41, 5.74) is 0. The van der Waals surface area contributed by atoms with Crippen LogP contribution in [-0.2, 0) is 20.4 Å². The minimum Gasteiger partial charge on any atom is -0.467 e. The summed E-state index contributed by atoms with van der Waals surface area (Å²) in [5, 5.41) is 0. The molecule has 1 N–H and O–H groups in total. The summed E-state index contributed by atoms with van der Waals surface area (Å²) in [6.45, 7) is 0. The van der Waals surface area contributed by atoms with Gasteiger partial charge in [-0.1, -0.05) is 0 Å². The number of nitrogens with zero attached hydrogens (tertiary/aromatic N) is 1. The van der Waals surface area contributed by atoms with Gasteiger partial charge < -0.3 is 9.97 Å². The predicted molar refractivity (Wildman–Crippen MR) is 42.7 cm³/mol. The van der Waals surface area contributed by atoms with Gasteiger partial charge in [-0.05, 0) is 6.33 Å². The smallest absolute Gasteiger partial charge is 0.467 e. The number of aromatic amines is 1. The molecule has 1 aromatic heterocycles. The first-order valence-electron chi connectivity index (χ1n) is 3.26. The fourth-order valence-corrected chi connectivity index (χ4v) is 0.528. The Labute approximate surface area is 85.7 Å². The van der Waals surface area contributed by atoms with E-state index in [-0.39, 0.29) is 20.4 Å². The molecule has 0 aliphatic rings. The van der Waals surface area contributed by atoms with Crippen molar-refractivity contribution < 1.29 is 20.4 Å². The van der Waals surface area contributed by atoms with Gasteiger partial charge in [-0.3, -0.25) is 0 Å². The van der Waals surface area contributed by atoms with Crippen molar-refractivity contribution in [3.05, 3.63) is 55.1 Å². The van der Waals surface area contributed by atoms with Crippen molar-refractivity contribution in [1.82, 2.24) is 9.97 Å². The zero-order chi connectivity index (χ0) is 7.78. The normalized spacial score (nSPS) is 7.33. The van der Waals surface area contributed by atoms with Crippen molar-refractivity contribution in [2.45, 2.75) is 0 Å². The van der Waals surface area contributed by atoms with E-state index in [1.54, 1.807) is 12.4 Å². The third kappa shape index (κ3) is 5.85. The summed E-state index contributed by atoms with van der Waals surface area (Å²) in [4.78, 5) is 6.17. The molecule has 2 rings (SSSR count). The Morgan fingerprint density at radius 1 is 1.08 bits per heavy atom. The number of H-pyrrole nitrogens is 1. The van der Waals surface area contributed by atoms with Crippen molar-refractivity contribution in [1.29, 1.82) is 0 Å². The van der Waals surface area contributed by atoms with E-state index in [2.05, 4.69) is 22.4 Å². The van der Waals surface area contributed by atoms with Crippen LogP contribution in [0, 0.1) is 12.4 Å². The van der Waals surface area contributed by atoms with Crippen LogP contribution >= 0.6 is 0 Å². The Kier molecular flexibility index (Phi) is 7.57. The van der Waals surface area contributed by atoms with Gasteiger partial charge >= 0.3 is 20.4 Å². The van der Waals surface area contributed by atoms with Crippen molar-refractivity contribution >= 4 is 0 Å². The minimum absolute atomic E-state index is 0. The predicted octanol–water partition coefficient (Wildman–Crippen LogP) is 1.69. The second-order valence-electron chi connectivity index (χ2n) is 1.78. The fourth-order valence-electron chi connectivity index (χ4n) is 0.528. The number of imidazole rings is 1. The summed E-state index contributed by atoms with van der Waals surface area (Å²) in [7, 11) is 0. The number of rotatable bonds is 0. The van der Waals surface area contributed by atoms with Crippen LogP contribution in [0.5, 0.6) is 0 Å². The van der Waals surface area contributed by atoms with E-state index in [1.807, 2.05) is 30.3 Å². The molecule has 0 radical (unpaired) electrons. The van der Waals surface area contributed by atoms with Gasteiger partial charge in [-0.15, -0.1) is 12.4 Å². The van der Waals surface area contributed by atoms with Crippen molar-refractivity contribution in [3.63, 3.8) is 0 Å². The van der Waals surface area contributed by atoms with Gasteiger partial charge in [0, 0.05) is 0 Å². The van der Waals surface area contributed by atoms with Crippen LogP contribution in [0.15, 0.2) is 42.7 Å². The van der Waals surface area contributed by atoms with Gasteiger partial charge in [-0.25, -0.2) is 0 Å². The second-order valence-corrected chi connectivity index (χ2v) is 1.78. The Bertz CT molecular complexity index is 198. The maximum atomic E-state index is 3.54.